The summed E-state index contributed by atoms with van der Waals surface area (Å²) in [5.41, 5.74) is 1.51. The maximum atomic E-state index is 13.3. The average Bonchev–Trinajstić information content (AvgIpc) is 3.12. The van der Waals surface area contributed by atoms with E-state index in [1.807, 2.05) is 0 Å². The third-order valence-electron chi connectivity index (χ3n) is 4.25. The van der Waals surface area contributed by atoms with E-state index in [4.69, 9.17) is 4.42 Å². The van der Waals surface area contributed by atoms with Gasteiger partial charge in [0.1, 0.15) is 17.9 Å². The van der Waals surface area contributed by atoms with Gasteiger partial charge in [-0.05, 0) is 18.2 Å². The molecule has 3 aromatic rings. The molecule has 3 heterocycles. The summed E-state index contributed by atoms with van der Waals surface area (Å²) in [6.45, 7) is 4.34. The molecule has 0 bridgehead atoms. The van der Waals surface area contributed by atoms with E-state index in [1.54, 1.807) is 37.0 Å². The maximum absolute atomic E-state index is 13.3. The molecule has 0 spiro atoms. The fourth-order valence-corrected chi connectivity index (χ4v) is 2.95. The molecule has 1 saturated heterocycles. The predicted octanol–water partition coefficient (Wildman–Crippen LogP) is 2.59. The molecule has 6 nitrogen and oxygen atoms in total. The van der Waals surface area contributed by atoms with Crippen LogP contribution in [0.5, 0.6) is 0 Å². The number of benzene rings is 1. The number of oxazole rings is 1. The lowest BCUT2D eigenvalue weighted by Gasteiger charge is -2.34. The van der Waals surface area contributed by atoms with E-state index in [-0.39, 0.29) is 5.82 Å². The quantitative estimate of drug-likeness (QED) is 0.728. The van der Waals surface area contributed by atoms with E-state index in [0.717, 1.165) is 37.7 Å². The van der Waals surface area contributed by atoms with Crippen LogP contribution in [-0.2, 0) is 6.54 Å². The molecular weight excluding hydrogens is 321 g/mol. The summed E-state index contributed by atoms with van der Waals surface area (Å²) in [6, 6.07) is 6.28. The summed E-state index contributed by atoms with van der Waals surface area (Å²) in [5, 5.41) is 0. The van der Waals surface area contributed by atoms with Gasteiger partial charge in [0.25, 0.3) is 0 Å². The number of anilines is 1. The number of piperazine rings is 1. The monoisotopic (exact) mass is 339 g/mol. The van der Waals surface area contributed by atoms with E-state index in [1.165, 1.54) is 12.1 Å². The van der Waals surface area contributed by atoms with Crippen LogP contribution >= 0.6 is 0 Å². The van der Waals surface area contributed by atoms with Crippen molar-refractivity contribution in [3.05, 3.63) is 60.6 Å². The summed E-state index contributed by atoms with van der Waals surface area (Å²) >= 11 is 0. The average molecular weight is 339 g/mol. The topological polar surface area (TPSA) is 58.3 Å². The van der Waals surface area contributed by atoms with Crippen LogP contribution in [0.4, 0.5) is 10.2 Å². The van der Waals surface area contributed by atoms with Gasteiger partial charge < -0.3 is 9.32 Å². The van der Waals surface area contributed by atoms with Crippen LogP contribution in [0.2, 0.25) is 0 Å². The molecule has 128 valence electrons. The molecule has 0 unspecified atom stereocenters. The second-order valence-electron chi connectivity index (χ2n) is 5.98. The number of hydrogen-bond donors (Lipinski definition) is 0. The highest BCUT2D eigenvalue weighted by Crippen LogP contribution is 2.20. The number of halogens is 1. The van der Waals surface area contributed by atoms with Crippen molar-refractivity contribution in [2.75, 3.05) is 31.1 Å². The zero-order valence-corrected chi connectivity index (χ0v) is 13.7. The van der Waals surface area contributed by atoms with Crippen LogP contribution in [0.25, 0.3) is 11.5 Å². The first kappa shape index (κ1) is 15.7. The van der Waals surface area contributed by atoms with Gasteiger partial charge in [0, 0.05) is 50.7 Å². The summed E-state index contributed by atoms with van der Waals surface area (Å²) < 4.78 is 18.8. The maximum Gasteiger partial charge on any atom is 0.226 e. The Bertz CT molecular complexity index is 830. The van der Waals surface area contributed by atoms with Crippen molar-refractivity contribution in [1.29, 1.82) is 0 Å². The van der Waals surface area contributed by atoms with Gasteiger partial charge >= 0.3 is 0 Å². The Morgan fingerprint density at radius 1 is 1.12 bits per heavy atom. The number of aromatic nitrogens is 3. The zero-order chi connectivity index (χ0) is 17.1. The van der Waals surface area contributed by atoms with Gasteiger partial charge in [-0.2, -0.15) is 0 Å². The van der Waals surface area contributed by atoms with Gasteiger partial charge in [0.15, 0.2) is 0 Å². The van der Waals surface area contributed by atoms with Gasteiger partial charge in [-0.1, -0.05) is 6.07 Å². The molecule has 7 heteroatoms. The van der Waals surface area contributed by atoms with Crippen LogP contribution in [0, 0.1) is 5.82 Å². The lowest BCUT2D eigenvalue weighted by Crippen LogP contribution is -2.46. The Morgan fingerprint density at radius 3 is 2.76 bits per heavy atom. The first-order chi connectivity index (χ1) is 12.3. The van der Waals surface area contributed by atoms with Crippen LogP contribution < -0.4 is 4.90 Å². The van der Waals surface area contributed by atoms with Gasteiger partial charge in [0.2, 0.25) is 5.89 Å². The van der Waals surface area contributed by atoms with Gasteiger partial charge in [0.05, 0.1) is 11.9 Å². The Hall–Kier alpha value is -2.80. The van der Waals surface area contributed by atoms with Gasteiger partial charge in [-0.25, -0.2) is 14.4 Å². The molecule has 2 aromatic heterocycles. The molecule has 1 aliphatic rings. The summed E-state index contributed by atoms with van der Waals surface area (Å²) in [5.74, 6) is 1.07. The highest BCUT2D eigenvalue weighted by Gasteiger charge is 2.19. The van der Waals surface area contributed by atoms with E-state index < -0.39 is 0 Å². The number of nitrogens with zero attached hydrogens (tertiary/aromatic N) is 5. The lowest BCUT2D eigenvalue weighted by atomic mass is 10.2. The molecule has 0 amide bonds. The van der Waals surface area contributed by atoms with E-state index in [0.29, 0.717) is 18.0 Å². The van der Waals surface area contributed by atoms with E-state index in [9.17, 15) is 4.39 Å². The summed E-state index contributed by atoms with van der Waals surface area (Å²) in [6.07, 6.45) is 6.83. The summed E-state index contributed by atoms with van der Waals surface area (Å²) in [4.78, 5) is 17.5. The lowest BCUT2D eigenvalue weighted by molar-refractivity contribution is 0.246. The van der Waals surface area contributed by atoms with Crippen molar-refractivity contribution in [3.63, 3.8) is 0 Å². The molecule has 0 aliphatic carbocycles. The molecule has 1 fully saturated rings. The normalized spacial score (nSPS) is 15.5. The van der Waals surface area contributed by atoms with E-state index in [2.05, 4.69) is 24.8 Å². The van der Waals surface area contributed by atoms with Crippen molar-refractivity contribution in [1.82, 2.24) is 19.9 Å². The smallest absolute Gasteiger partial charge is 0.226 e. The molecule has 0 saturated carbocycles. The molecule has 25 heavy (non-hydrogen) atoms. The Kier molecular flexibility index (Phi) is 4.39. The molecule has 0 radical (unpaired) electrons. The van der Waals surface area contributed by atoms with Gasteiger partial charge in [-0.15, -0.1) is 0 Å². The zero-order valence-electron chi connectivity index (χ0n) is 13.7. The van der Waals surface area contributed by atoms with Crippen LogP contribution in [0.1, 0.15) is 5.69 Å². The first-order valence-electron chi connectivity index (χ1n) is 8.21. The summed E-state index contributed by atoms with van der Waals surface area (Å²) in [7, 11) is 0. The first-order valence-corrected chi connectivity index (χ1v) is 8.21. The predicted molar refractivity (Wildman–Crippen MR) is 91.4 cm³/mol. The molecule has 0 atom stereocenters. The van der Waals surface area contributed by atoms with Crippen molar-refractivity contribution >= 4 is 5.82 Å². The highest BCUT2D eigenvalue weighted by molar-refractivity contribution is 5.52. The van der Waals surface area contributed by atoms with Crippen molar-refractivity contribution < 1.29 is 8.81 Å². The fraction of sp³-hybridized carbons (Fsp3) is 0.278. The SMILES string of the molecule is Fc1cccc(-c2nc(CN3CCN(c4cnccn4)CC3)co2)c1. The molecular formula is C18H18FN5O. The third kappa shape index (κ3) is 3.66. The second kappa shape index (κ2) is 6.98. The molecule has 4 rings (SSSR count). The van der Waals surface area contributed by atoms with Crippen LogP contribution in [0.3, 0.4) is 0 Å². The van der Waals surface area contributed by atoms with Crippen molar-refractivity contribution in [3.8, 4) is 11.5 Å². The second-order valence-corrected chi connectivity index (χ2v) is 5.98. The van der Waals surface area contributed by atoms with E-state index >= 15 is 0 Å². The standard InChI is InChI=1S/C18H18FN5O/c19-15-3-1-2-14(10-15)18-22-16(13-25-18)12-23-6-8-24(9-7-23)17-11-20-4-5-21-17/h1-5,10-11,13H,6-9,12H2. The molecule has 1 aliphatic heterocycles. The number of rotatable bonds is 4. The van der Waals surface area contributed by atoms with Crippen LogP contribution in [-0.4, -0.2) is 46.0 Å². The van der Waals surface area contributed by atoms with Gasteiger partial charge in [-0.3, -0.25) is 9.88 Å². The minimum absolute atomic E-state index is 0.294. The largest absolute Gasteiger partial charge is 0.444 e. The van der Waals surface area contributed by atoms with Crippen molar-refractivity contribution in [2.45, 2.75) is 6.54 Å². The van der Waals surface area contributed by atoms with Crippen LogP contribution in [0.15, 0.2) is 53.5 Å². The molecule has 0 N–H and O–H groups in total. The highest BCUT2D eigenvalue weighted by atomic mass is 19.1. The Morgan fingerprint density at radius 2 is 2.00 bits per heavy atom. The number of hydrogen-bond acceptors (Lipinski definition) is 6. The third-order valence-corrected chi connectivity index (χ3v) is 4.25. The minimum Gasteiger partial charge on any atom is -0.444 e. The minimum atomic E-state index is -0.294. The Balaban J connectivity index is 1.36. The Labute approximate surface area is 145 Å². The fourth-order valence-electron chi connectivity index (χ4n) is 2.95. The van der Waals surface area contributed by atoms with Crippen molar-refractivity contribution in [2.24, 2.45) is 0 Å². The molecule has 1 aromatic carbocycles.